The number of fused-ring (bicyclic) bond motifs is 3. The van der Waals surface area contributed by atoms with Gasteiger partial charge in [0.15, 0.2) is 0 Å². The van der Waals surface area contributed by atoms with Crippen LogP contribution in [-0.4, -0.2) is 8.07 Å². The summed E-state index contributed by atoms with van der Waals surface area (Å²) in [5.41, 5.74) is 5.28. The molecule has 19 heavy (non-hydrogen) atoms. The smallest absolute Gasteiger partial charge is 0.0674 e. The van der Waals surface area contributed by atoms with Crippen LogP contribution in [0.4, 0.5) is 0 Å². The summed E-state index contributed by atoms with van der Waals surface area (Å²) in [5, 5.41) is 1.69. The molecular formula is C18H22Si. The highest BCUT2D eigenvalue weighted by Crippen LogP contribution is 2.42. The molecule has 1 heteroatoms. The van der Waals surface area contributed by atoms with Gasteiger partial charge in [0.2, 0.25) is 0 Å². The Labute approximate surface area is 117 Å². The molecule has 0 radical (unpaired) electrons. The van der Waals surface area contributed by atoms with E-state index in [-0.39, 0.29) is 0 Å². The molecule has 98 valence electrons. The molecule has 2 aromatic rings. The van der Waals surface area contributed by atoms with E-state index in [1.807, 2.05) is 0 Å². The van der Waals surface area contributed by atoms with Gasteiger partial charge in [-0.25, -0.2) is 0 Å². The van der Waals surface area contributed by atoms with Crippen LogP contribution in [0.3, 0.4) is 0 Å². The highest BCUT2D eigenvalue weighted by molar-refractivity contribution is 6.94. The number of hydrogen-bond donors (Lipinski definition) is 0. The fraction of sp³-hybridized carbons (Fsp3) is 0.333. The van der Waals surface area contributed by atoms with Gasteiger partial charge in [-0.15, -0.1) is 0 Å². The van der Waals surface area contributed by atoms with Crippen molar-refractivity contribution in [1.82, 2.24) is 0 Å². The first kappa shape index (κ1) is 12.7. The Balaban J connectivity index is 2.35. The van der Waals surface area contributed by atoms with Crippen molar-refractivity contribution < 1.29 is 0 Å². The zero-order valence-electron chi connectivity index (χ0n) is 12.1. The molecule has 1 unspecified atom stereocenters. The summed E-state index contributed by atoms with van der Waals surface area (Å²) in [7, 11) is -1.41. The lowest BCUT2D eigenvalue weighted by Crippen LogP contribution is -2.54. The maximum absolute atomic E-state index is 2.47. The van der Waals surface area contributed by atoms with Gasteiger partial charge in [-0.1, -0.05) is 86.6 Å². The van der Waals surface area contributed by atoms with Crippen LogP contribution in [0.2, 0.25) is 12.1 Å². The summed E-state index contributed by atoms with van der Waals surface area (Å²) < 4.78 is 0. The van der Waals surface area contributed by atoms with Gasteiger partial charge in [0.05, 0.1) is 8.07 Å². The largest absolute Gasteiger partial charge is 0.0940 e. The first-order valence-corrected chi connectivity index (χ1v) is 9.92. The molecule has 2 aromatic carbocycles. The third kappa shape index (κ3) is 1.64. The molecule has 1 aliphatic rings. The molecular weight excluding hydrogens is 244 g/mol. The molecule has 0 nitrogen and oxygen atoms in total. The van der Waals surface area contributed by atoms with Gasteiger partial charge < -0.3 is 0 Å². The molecule has 0 saturated carbocycles. The van der Waals surface area contributed by atoms with E-state index in [0.717, 1.165) is 5.54 Å². The average molecular weight is 266 g/mol. The van der Waals surface area contributed by atoms with Crippen LogP contribution in [-0.2, 0) is 0 Å². The van der Waals surface area contributed by atoms with Crippen molar-refractivity contribution in [1.29, 1.82) is 0 Å². The van der Waals surface area contributed by atoms with Crippen LogP contribution in [0.25, 0.3) is 11.1 Å². The third-order valence-electron chi connectivity index (χ3n) is 5.27. The molecule has 0 fully saturated rings. The third-order valence-corrected chi connectivity index (χ3v) is 11.3. The molecule has 0 saturated heterocycles. The van der Waals surface area contributed by atoms with Gasteiger partial charge in [-0.3, -0.25) is 0 Å². The summed E-state index contributed by atoms with van der Waals surface area (Å²) in [6.07, 6.45) is 0. The zero-order chi connectivity index (χ0) is 13.5. The van der Waals surface area contributed by atoms with Gasteiger partial charge in [0.1, 0.15) is 0 Å². The lowest BCUT2D eigenvalue weighted by molar-refractivity contribution is 0.976. The van der Waals surface area contributed by atoms with E-state index >= 15 is 0 Å². The van der Waals surface area contributed by atoms with E-state index in [9.17, 15) is 0 Å². The van der Waals surface area contributed by atoms with Crippen LogP contribution >= 0.6 is 0 Å². The monoisotopic (exact) mass is 266 g/mol. The summed E-state index contributed by atoms with van der Waals surface area (Å²) in [4.78, 5) is 0. The Morgan fingerprint density at radius 1 is 0.842 bits per heavy atom. The number of rotatable bonds is 2. The average Bonchev–Trinajstić information content (AvgIpc) is 2.49. The predicted octanol–water partition coefficient (Wildman–Crippen LogP) is 4.71. The maximum Gasteiger partial charge on any atom is 0.0940 e. The quantitative estimate of drug-likeness (QED) is 0.691. The van der Waals surface area contributed by atoms with Gasteiger partial charge in [0, 0.05) is 0 Å². The van der Waals surface area contributed by atoms with Crippen LogP contribution < -0.4 is 5.19 Å². The predicted molar refractivity (Wildman–Crippen MR) is 86.6 cm³/mol. The van der Waals surface area contributed by atoms with Crippen LogP contribution in [0.15, 0.2) is 48.5 Å². The summed E-state index contributed by atoms with van der Waals surface area (Å²) in [6, 6.07) is 20.9. The van der Waals surface area contributed by atoms with E-state index in [1.165, 1.54) is 23.2 Å². The van der Waals surface area contributed by atoms with Gasteiger partial charge in [-0.05, 0) is 22.2 Å². The summed E-state index contributed by atoms with van der Waals surface area (Å²) >= 11 is 0. The highest BCUT2D eigenvalue weighted by Gasteiger charge is 2.43. The Morgan fingerprint density at radius 2 is 1.42 bits per heavy atom. The first-order chi connectivity index (χ1) is 9.24. The second kappa shape index (κ2) is 4.64. The van der Waals surface area contributed by atoms with E-state index in [0.29, 0.717) is 0 Å². The van der Waals surface area contributed by atoms with Crippen molar-refractivity contribution in [3.8, 4) is 11.1 Å². The van der Waals surface area contributed by atoms with E-state index in [4.69, 9.17) is 0 Å². The summed E-state index contributed by atoms with van der Waals surface area (Å²) in [6.45, 7) is 7.27. The SMILES string of the molecule is CC[Si]1(CC)c2ccccc2-c2ccccc2C1C. The Morgan fingerprint density at radius 3 is 2.11 bits per heavy atom. The van der Waals surface area contributed by atoms with Crippen molar-refractivity contribution in [2.75, 3.05) is 0 Å². The fourth-order valence-corrected chi connectivity index (χ4v) is 9.03. The normalized spacial score (nSPS) is 19.6. The molecule has 0 aromatic heterocycles. The minimum absolute atomic E-state index is 0.730. The second-order valence-corrected chi connectivity index (χ2v) is 10.8. The van der Waals surface area contributed by atoms with Crippen LogP contribution in [0, 0.1) is 0 Å². The molecule has 1 aliphatic heterocycles. The van der Waals surface area contributed by atoms with Crippen LogP contribution in [0.1, 0.15) is 31.9 Å². The highest BCUT2D eigenvalue weighted by atomic mass is 28.3. The molecule has 3 rings (SSSR count). The minimum Gasteiger partial charge on any atom is -0.0674 e. The molecule has 0 spiro atoms. The van der Waals surface area contributed by atoms with E-state index in [2.05, 4.69) is 69.3 Å². The second-order valence-electron chi connectivity index (χ2n) is 5.72. The number of hydrogen-bond acceptors (Lipinski definition) is 0. The molecule has 1 atom stereocenters. The Bertz CT molecular complexity index is 596. The van der Waals surface area contributed by atoms with Crippen molar-refractivity contribution in [2.45, 2.75) is 38.4 Å². The zero-order valence-corrected chi connectivity index (χ0v) is 13.1. The standard InChI is InChI=1S/C18H22Si/c1-4-19(5-2)14(3)15-10-6-7-11-16(15)17-12-8-9-13-18(17)19/h6-14H,4-5H2,1-3H3. The molecule has 0 bridgehead atoms. The Hall–Kier alpha value is -1.34. The molecule has 0 aliphatic carbocycles. The van der Waals surface area contributed by atoms with Gasteiger partial charge in [0.25, 0.3) is 0 Å². The fourth-order valence-electron chi connectivity index (χ4n) is 4.05. The van der Waals surface area contributed by atoms with Gasteiger partial charge in [-0.2, -0.15) is 0 Å². The summed E-state index contributed by atoms with van der Waals surface area (Å²) in [5.74, 6) is 0. The van der Waals surface area contributed by atoms with Crippen LogP contribution in [0.5, 0.6) is 0 Å². The Kier molecular flexibility index (Phi) is 3.10. The molecule has 0 N–H and O–H groups in total. The van der Waals surface area contributed by atoms with E-state index in [1.54, 1.807) is 10.8 Å². The molecule has 0 amide bonds. The first-order valence-electron chi connectivity index (χ1n) is 7.43. The molecule has 1 heterocycles. The lowest BCUT2D eigenvalue weighted by atomic mass is 9.97. The topological polar surface area (TPSA) is 0 Å². The number of benzene rings is 2. The minimum atomic E-state index is -1.41. The van der Waals surface area contributed by atoms with E-state index < -0.39 is 8.07 Å². The van der Waals surface area contributed by atoms with Crippen molar-refractivity contribution in [3.63, 3.8) is 0 Å². The lowest BCUT2D eigenvalue weighted by Gasteiger charge is -2.42. The van der Waals surface area contributed by atoms with Crippen molar-refractivity contribution in [2.24, 2.45) is 0 Å². The van der Waals surface area contributed by atoms with Crippen molar-refractivity contribution >= 4 is 13.3 Å². The van der Waals surface area contributed by atoms with Gasteiger partial charge >= 0.3 is 0 Å². The maximum atomic E-state index is 2.47. The van der Waals surface area contributed by atoms with Crippen molar-refractivity contribution in [3.05, 3.63) is 54.1 Å².